The molecule has 0 bridgehead atoms. The van der Waals surface area contributed by atoms with E-state index in [2.05, 4.69) is 4.98 Å². The molecule has 0 saturated carbocycles. The summed E-state index contributed by atoms with van der Waals surface area (Å²) < 4.78 is 1.14. The van der Waals surface area contributed by atoms with Crippen LogP contribution in [0.15, 0.2) is 18.3 Å². The van der Waals surface area contributed by atoms with Gasteiger partial charge in [-0.2, -0.15) is 0 Å². The number of H-pyrrole nitrogens is 1. The lowest BCUT2D eigenvalue weighted by molar-refractivity contribution is -0.138. The minimum absolute atomic E-state index is 0.391. The summed E-state index contributed by atoms with van der Waals surface area (Å²) in [5.41, 5.74) is 6.48. The first-order chi connectivity index (χ1) is 6.66. The van der Waals surface area contributed by atoms with Gasteiger partial charge in [0, 0.05) is 17.5 Å². The minimum atomic E-state index is -0.956. The van der Waals surface area contributed by atoms with Crippen LogP contribution in [0.25, 0.3) is 10.2 Å². The molecule has 1 atom stereocenters. The van der Waals surface area contributed by atoms with Crippen LogP contribution in [-0.2, 0) is 11.2 Å². The Hall–Kier alpha value is -1.33. The number of thiophene rings is 1. The minimum Gasteiger partial charge on any atom is -0.480 e. The molecule has 2 rings (SSSR count). The zero-order valence-corrected chi connectivity index (χ0v) is 8.17. The van der Waals surface area contributed by atoms with Crippen molar-refractivity contribution in [1.82, 2.24) is 4.98 Å². The summed E-state index contributed by atoms with van der Waals surface area (Å²) in [5.74, 6) is -0.956. The maximum atomic E-state index is 10.5. The van der Waals surface area contributed by atoms with Crippen LogP contribution in [0.1, 0.15) is 4.88 Å². The highest BCUT2D eigenvalue weighted by Crippen LogP contribution is 2.24. The van der Waals surface area contributed by atoms with Gasteiger partial charge < -0.3 is 15.8 Å². The number of carboxylic acid groups (broad SMARTS) is 1. The molecule has 4 N–H and O–H groups in total. The first-order valence-corrected chi connectivity index (χ1v) is 5.02. The standard InChI is InChI=1S/C9H10N2O2S/c10-6(9(12)13)3-5-4-7-8(14-5)1-2-11-7/h1-2,4,6,11H,3,10H2,(H,12,13). The molecule has 2 heterocycles. The van der Waals surface area contributed by atoms with Crippen LogP contribution in [-0.4, -0.2) is 22.1 Å². The highest BCUT2D eigenvalue weighted by Gasteiger charge is 2.13. The van der Waals surface area contributed by atoms with Crippen molar-refractivity contribution in [2.24, 2.45) is 5.73 Å². The molecule has 0 saturated heterocycles. The number of carboxylic acids is 1. The SMILES string of the molecule is NC(Cc1cc2[nH]ccc2s1)C(=O)O. The number of nitrogens with one attached hydrogen (secondary N) is 1. The van der Waals surface area contributed by atoms with E-state index in [1.165, 1.54) is 0 Å². The predicted molar refractivity (Wildman–Crippen MR) is 55.5 cm³/mol. The normalized spacial score (nSPS) is 13.2. The third-order valence-corrected chi connectivity index (χ3v) is 3.15. The van der Waals surface area contributed by atoms with E-state index in [1.54, 1.807) is 11.3 Å². The molecule has 2 aromatic rings. The molecule has 1 unspecified atom stereocenters. The smallest absolute Gasteiger partial charge is 0.320 e. The molecule has 0 amide bonds. The number of hydrogen-bond acceptors (Lipinski definition) is 3. The molecular formula is C9H10N2O2S. The van der Waals surface area contributed by atoms with Gasteiger partial charge in [0.2, 0.25) is 0 Å². The summed E-state index contributed by atoms with van der Waals surface area (Å²) in [6, 6.07) is 3.11. The molecule has 2 aromatic heterocycles. The quantitative estimate of drug-likeness (QED) is 0.711. The van der Waals surface area contributed by atoms with Gasteiger partial charge >= 0.3 is 5.97 Å². The fraction of sp³-hybridized carbons (Fsp3) is 0.222. The second-order valence-electron chi connectivity index (χ2n) is 3.12. The van der Waals surface area contributed by atoms with Gasteiger partial charge in [0.1, 0.15) is 6.04 Å². The first-order valence-electron chi connectivity index (χ1n) is 4.21. The van der Waals surface area contributed by atoms with Crippen LogP contribution >= 0.6 is 11.3 Å². The number of rotatable bonds is 3. The van der Waals surface area contributed by atoms with Crippen molar-refractivity contribution in [3.8, 4) is 0 Å². The van der Waals surface area contributed by atoms with Crippen LogP contribution in [0.5, 0.6) is 0 Å². The zero-order chi connectivity index (χ0) is 10.1. The third-order valence-electron chi connectivity index (χ3n) is 2.02. The largest absolute Gasteiger partial charge is 0.480 e. The van der Waals surface area contributed by atoms with Crippen molar-refractivity contribution in [2.75, 3.05) is 0 Å². The molecule has 0 aliphatic carbocycles. The van der Waals surface area contributed by atoms with Gasteiger partial charge in [0.25, 0.3) is 0 Å². The van der Waals surface area contributed by atoms with Crippen LogP contribution in [0, 0.1) is 0 Å². The summed E-state index contributed by atoms with van der Waals surface area (Å²) in [6.07, 6.45) is 2.25. The maximum Gasteiger partial charge on any atom is 0.320 e. The van der Waals surface area contributed by atoms with E-state index in [-0.39, 0.29) is 0 Å². The van der Waals surface area contributed by atoms with Crippen LogP contribution in [0.3, 0.4) is 0 Å². The van der Waals surface area contributed by atoms with E-state index >= 15 is 0 Å². The summed E-state index contributed by atoms with van der Waals surface area (Å²) in [5, 5.41) is 8.64. The van der Waals surface area contributed by atoms with Crippen LogP contribution in [0.2, 0.25) is 0 Å². The lowest BCUT2D eigenvalue weighted by Crippen LogP contribution is -2.31. The average molecular weight is 210 g/mol. The second kappa shape index (κ2) is 3.43. The van der Waals surface area contributed by atoms with E-state index in [4.69, 9.17) is 10.8 Å². The zero-order valence-electron chi connectivity index (χ0n) is 7.36. The molecule has 0 aromatic carbocycles. The number of fused-ring (bicyclic) bond motifs is 1. The van der Waals surface area contributed by atoms with Crippen molar-refractivity contribution in [2.45, 2.75) is 12.5 Å². The van der Waals surface area contributed by atoms with E-state index in [0.29, 0.717) is 6.42 Å². The fourth-order valence-corrected chi connectivity index (χ4v) is 2.39. The average Bonchev–Trinajstić information content (AvgIpc) is 2.63. The van der Waals surface area contributed by atoms with Crippen molar-refractivity contribution in [3.05, 3.63) is 23.2 Å². The Morgan fingerprint density at radius 3 is 3.14 bits per heavy atom. The molecule has 0 fully saturated rings. The summed E-state index contributed by atoms with van der Waals surface area (Å²) >= 11 is 1.58. The first kappa shape index (κ1) is 9.23. The van der Waals surface area contributed by atoms with Gasteiger partial charge in [-0.15, -0.1) is 11.3 Å². The third kappa shape index (κ3) is 1.64. The molecule has 14 heavy (non-hydrogen) atoms. The monoisotopic (exact) mass is 210 g/mol. The Kier molecular flexibility index (Phi) is 2.26. The van der Waals surface area contributed by atoms with E-state index in [0.717, 1.165) is 15.1 Å². The van der Waals surface area contributed by atoms with Crippen molar-refractivity contribution in [1.29, 1.82) is 0 Å². The summed E-state index contributed by atoms with van der Waals surface area (Å²) in [6.45, 7) is 0. The lowest BCUT2D eigenvalue weighted by atomic mass is 10.2. The highest BCUT2D eigenvalue weighted by molar-refractivity contribution is 7.19. The Morgan fingerprint density at radius 2 is 2.50 bits per heavy atom. The molecule has 0 radical (unpaired) electrons. The van der Waals surface area contributed by atoms with Crippen LogP contribution in [0.4, 0.5) is 0 Å². The maximum absolute atomic E-state index is 10.5. The van der Waals surface area contributed by atoms with Crippen molar-refractivity contribution < 1.29 is 9.90 Å². The van der Waals surface area contributed by atoms with Gasteiger partial charge in [0.05, 0.1) is 10.2 Å². The number of aromatic amines is 1. The van der Waals surface area contributed by atoms with Gasteiger partial charge in [-0.3, -0.25) is 4.79 Å². The number of nitrogens with two attached hydrogens (primary N) is 1. The fourth-order valence-electron chi connectivity index (χ4n) is 1.31. The van der Waals surface area contributed by atoms with E-state index < -0.39 is 12.0 Å². The van der Waals surface area contributed by atoms with E-state index in [1.807, 2.05) is 18.3 Å². The molecular weight excluding hydrogens is 200 g/mol. The Bertz CT molecular complexity index is 432. The van der Waals surface area contributed by atoms with E-state index in [9.17, 15) is 4.79 Å². The highest BCUT2D eigenvalue weighted by atomic mass is 32.1. The van der Waals surface area contributed by atoms with Crippen molar-refractivity contribution >= 4 is 27.5 Å². The number of carbonyl (C=O) groups is 1. The Labute approximate surface area is 84.4 Å². The van der Waals surface area contributed by atoms with Gasteiger partial charge in [-0.05, 0) is 12.1 Å². The van der Waals surface area contributed by atoms with Crippen LogP contribution < -0.4 is 5.73 Å². The molecule has 0 aliphatic rings. The lowest BCUT2D eigenvalue weighted by Gasteiger charge is -2.02. The topological polar surface area (TPSA) is 79.1 Å². The molecule has 4 nitrogen and oxygen atoms in total. The predicted octanol–water partition coefficient (Wildman–Crippen LogP) is 1.18. The summed E-state index contributed by atoms with van der Waals surface area (Å²) in [7, 11) is 0. The van der Waals surface area contributed by atoms with Gasteiger partial charge in [0.15, 0.2) is 0 Å². The molecule has 0 aliphatic heterocycles. The van der Waals surface area contributed by atoms with Gasteiger partial charge in [-0.25, -0.2) is 0 Å². The number of hydrogen-bond donors (Lipinski definition) is 3. The Balaban J connectivity index is 2.19. The molecule has 5 heteroatoms. The second-order valence-corrected chi connectivity index (χ2v) is 4.29. The molecule has 0 spiro atoms. The Morgan fingerprint density at radius 1 is 1.71 bits per heavy atom. The summed E-state index contributed by atoms with van der Waals surface area (Å²) in [4.78, 5) is 14.6. The van der Waals surface area contributed by atoms with Gasteiger partial charge in [-0.1, -0.05) is 0 Å². The molecule has 74 valence electrons. The number of aromatic nitrogens is 1. The number of aliphatic carboxylic acids is 1. The van der Waals surface area contributed by atoms with Crippen molar-refractivity contribution in [3.63, 3.8) is 0 Å².